The summed E-state index contributed by atoms with van der Waals surface area (Å²) in [6.45, 7) is 6.93. The largest absolute Gasteiger partial charge is 0.356 e. The van der Waals surface area contributed by atoms with Crippen LogP contribution < -0.4 is 5.32 Å². The highest BCUT2D eigenvalue weighted by Gasteiger charge is 2.15. The van der Waals surface area contributed by atoms with E-state index < -0.39 is 0 Å². The van der Waals surface area contributed by atoms with Gasteiger partial charge in [-0.1, -0.05) is 36.7 Å². The maximum Gasteiger partial charge on any atom is 0.223 e. The van der Waals surface area contributed by atoms with Gasteiger partial charge in [-0.25, -0.2) is 0 Å². The molecule has 1 atom stereocenters. The number of alkyl halides is 1. The van der Waals surface area contributed by atoms with Crippen LogP contribution in [-0.2, 0) is 4.79 Å². The van der Waals surface area contributed by atoms with Crippen molar-refractivity contribution < 1.29 is 4.79 Å². The average molecular weight is 250 g/mol. The van der Waals surface area contributed by atoms with E-state index in [2.05, 4.69) is 35.1 Å². The van der Waals surface area contributed by atoms with Crippen LogP contribution in [0.5, 0.6) is 0 Å². The van der Waals surface area contributed by atoms with E-state index in [4.69, 9.17) is 0 Å². The fourth-order valence-electron chi connectivity index (χ4n) is 0.895. The number of carbonyl (C=O) groups is 1. The van der Waals surface area contributed by atoms with Crippen molar-refractivity contribution in [3.63, 3.8) is 0 Å². The van der Waals surface area contributed by atoms with Crippen molar-refractivity contribution in [2.45, 2.75) is 33.6 Å². The van der Waals surface area contributed by atoms with Crippen molar-refractivity contribution in [3.05, 3.63) is 0 Å². The van der Waals surface area contributed by atoms with Gasteiger partial charge < -0.3 is 5.32 Å². The molecule has 2 nitrogen and oxygen atoms in total. The fraction of sp³-hybridized carbons (Fsp3) is 0.900. The van der Waals surface area contributed by atoms with Gasteiger partial charge in [-0.2, -0.15) is 0 Å². The molecule has 1 unspecified atom stereocenters. The van der Waals surface area contributed by atoms with E-state index in [9.17, 15) is 4.79 Å². The van der Waals surface area contributed by atoms with Crippen molar-refractivity contribution in [1.82, 2.24) is 5.32 Å². The molecular formula is C10H20BrNO. The lowest BCUT2D eigenvalue weighted by molar-refractivity contribution is -0.125. The number of carbonyl (C=O) groups excluding carboxylic acids is 1. The molecule has 1 amide bonds. The van der Waals surface area contributed by atoms with E-state index in [0.717, 1.165) is 24.7 Å². The number of unbranched alkanes of at least 4 members (excludes halogenated alkanes) is 1. The van der Waals surface area contributed by atoms with Gasteiger partial charge in [-0.05, 0) is 18.8 Å². The van der Waals surface area contributed by atoms with Crippen molar-refractivity contribution in [1.29, 1.82) is 0 Å². The summed E-state index contributed by atoms with van der Waals surface area (Å²) < 4.78 is 0. The van der Waals surface area contributed by atoms with Crippen LogP contribution in [-0.4, -0.2) is 17.8 Å². The standard InChI is InChI=1S/C10H20BrNO/c1-8(2)9(3)10(13)12-7-5-4-6-11/h8-9H,4-7H2,1-3H3,(H,12,13). The van der Waals surface area contributed by atoms with Gasteiger partial charge in [0.2, 0.25) is 5.91 Å². The molecule has 0 heterocycles. The Hall–Kier alpha value is -0.0500. The molecule has 0 rings (SSSR count). The molecule has 0 aromatic heterocycles. The van der Waals surface area contributed by atoms with Gasteiger partial charge in [0.05, 0.1) is 0 Å². The minimum Gasteiger partial charge on any atom is -0.356 e. The first kappa shape index (κ1) is 12.9. The van der Waals surface area contributed by atoms with E-state index in [0.29, 0.717) is 5.92 Å². The van der Waals surface area contributed by atoms with Crippen LogP contribution in [0.15, 0.2) is 0 Å². The number of hydrogen-bond acceptors (Lipinski definition) is 1. The second-order valence-electron chi connectivity index (χ2n) is 3.72. The van der Waals surface area contributed by atoms with Gasteiger partial charge in [0, 0.05) is 17.8 Å². The molecule has 0 aromatic rings. The van der Waals surface area contributed by atoms with Crippen LogP contribution in [0, 0.1) is 11.8 Å². The monoisotopic (exact) mass is 249 g/mol. The average Bonchev–Trinajstić information content (AvgIpc) is 2.10. The first-order valence-electron chi connectivity index (χ1n) is 4.93. The molecular weight excluding hydrogens is 230 g/mol. The molecule has 0 aliphatic carbocycles. The van der Waals surface area contributed by atoms with Crippen LogP contribution in [0.4, 0.5) is 0 Å². The fourth-order valence-corrected chi connectivity index (χ4v) is 1.29. The Morgan fingerprint density at radius 3 is 2.38 bits per heavy atom. The van der Waals surface area contributed by atoms with E-state index in [1.54, 1.807) is 0 Å². The molecule has 0 radical (unpaired) electrons. The molecule has 78 valence electrons. The molecule has 13 heavy (non-hydrogen) atoms. The summed E-state index contributed by atoms with van der Waals surface area (Å²) in [6.07, 6.45) is 2.18. The predicted octanol–water partition coefficient (Wildman–Crippen LogP) is 2.57. The van der Waals surface area contributed by atoms with Gasteiger partial charge in [0.15, 0.2) is 0 Å². The van der Waals surface area contributed by atoms with E-state index in [-0.39, 0.29) is 11.8 Å². The zero-order valence-electron chi connectivity index (χ0n) is 8.77. The van der Waals surface area contributed by atoms with Crippen LogP contribution in [0.25, 0.3) is 0 Å². The topological polar surface area (TPSA) is 29.1 Å². The van der Waals surface area contributed by atoms with Gasteiger partial charge in [0.25, 0.3) is 0 Å². The maximum atomic E-state index is 11.4. The maximum absolute atomic E-state index is 11.4. The highest BCUT2D eigenvalue weighted by molar-refractivity contribution is 9.09. The number of halogens is 1. The quantitative estimate of drug-likeness (QED) is 0.569. The van der Waals surface area contributed by atoms with Gasteiger partial charge >= 0.3 is 0 Å². The predicted molar refractivity (Wildman–Crippen MR) is 60.0 cm³/mol. The minimum atomic E-state index is 0.129. The highest BCUT2D eigenvalue weighted by atomic mass is 79.9. The Kier molecular flexibility index (Phi) is 7.33. The lowest BCUT2D eigenvalue weighted by atomic mass is 9.97. The van der Waals surface area contributed by atoms with Crippen molar-refractivity contribution in [2.24, 2.45) is 11.8 Å². The molecule has 0 spiro atoms. The number of nitrogens with one attached hydrogen (secondary N) is 1. The molecule has 0 fully saturated rings. The molecule has 0 aliphatic rings. The Balaban J connectivity index is 3.50. The zero-order valence-corrected chi connectivity index (χ0v) is 10.4. The summed E-state index contributed by atoms with van der Waals surface area (Å²) in [6, 6.07) is 0. The van der Waals surface area contributed by atoms with Crippen molar-refractivity contribution >= 4 is 21.8 Å². The number of hydrogen-bond donors (Lipinski definition) is 1. The zero-order chi connectivity index (χ0) is 10.3. The van der Waals surface area contributed by atoms with Crippen molar-refractivity contribution in [2.75, 3.05) is 11.9 Å². The molecule has 0 aliphatic heterocycles. The smallest absolute Gasteiger partial charge is 0.223 e. The van der Waals surface area contributed by atoms with Gasteiger partial charge in [-0.3, -0.25) is 4.79 Å². The molecule has 0 saturated heterocycles. The first-order chi connectivity index (χ1) is 6.09. The number of rotatable bonds is 6. The Bertz CT molecular complexity index is 148. The first-order valence-corrected chi connectivity index (χ1v) is 6.05. The van der Waals surface area contributed by atoms with E-state index in [1.807, 2.05) is 6.92 Å². The third-order valence-corrected chi connectivity index (χ3v) is 2.83. The summed E-state index contributed by atoms with van der Waals surface area (Å²) in [5, 5.41) is 3.96. The highest BCUT2D eigenvalue weighted by Crippen LogP contribution is 2.08. The summed E-state index contributed by atoms with van der Waals surface area (Å²) in [5.41, 5.74) is 0. The molecule has 0 aromatic carbocycles. The Labute approximate surface area is 89.6 Å². The normalized spacial score (nSPS) is 13.0. The van der Waals surface area contributed by atoms with Crippen LogP contribution in [0.3, 0.4) is 0 Å². The SMILES string of the molecule is CC(C)C(C)C(=O)NCCCCBr. The summed E-state index contributed by atoms with van der Waals surface area (Å²) in [5.74, 6) is 0.740. The third kappa shape index (κ3) is 6.08. The third-order valence-electron chi connectivity index (χ3n) is 2.27. The lowest BCUT2D eigenvalue weighted by Gasteiger charge is -2.14. The Morgan fingerprint density at radius 1 is 1.31 bits per heavy atom. The van der Waals surface area contributed by atoms with Gasteiger partial charge in [0.1, 0.15) is 0 Å². The van der Waals surface area contributed by atoms with Crippen LogP contribution in [0.1, 0.15) is 33.6 Å². The second-order valence-corrected chi connectivity index (χ2v) is 4.51. The molecule has 0 saturated carbocycles. The lowest BCUT2D eigenvalue weighted by Crippen LogP contribution is -2.32. The summed E-state index contributed by atoms with van der Waals surface area (Å²) in [4.78, 5) is 11.4. The summed E-state index contributed by atoms with van der Waals surface area (Å²) >= 11 is 3.36. The summed E-state index contributed by atoms with van der Waals surface area (Å²) in [7, 11) is 0. The molecule has 0 bridgehead atoms. The molecule has 3 heteroatoms. The van der Waals surface area contributed by atoms with Crippen LogP contribution >= 0.6 is 15.9 Å². The minimum absolute atomic E-state index is 0.129. The van der Waals surface area contributed by atoms with E-state index >= 15 is 0 Å². The Morgan fingerprint density at radius 2 is 1.92 bits per heavy atom. The molecule has 1 N–H and O–H groups in total. The second kappa shape index (κ2) is 7.36. The van der Waals surface area contributed by atoms with E-state index in [1.165, 1.54) is 0 Å². The van der Waals surface area contributed by atoms with Crippen molar-refractivity contribution in [3.8, 4) is 0 Å². The van der Waals surface area contributed by atoms with Gasteiger partial charge in [-0.15, -0.1) is 0 Å². The van der Waals surface area contributed by atoms with Crippen LogP contribution in [0.2, 0.25) is 0 Å². The number of amides is 1.